The molecule has 0 saturated heterocycles. The molecule has 1 aliphatic heterocycles. The van der Waals surface area contributed by atoms with Crippen molar-refractivity contribution in [2.24, 2.45) is 0 Å². The number of fused-ring (bicyclic) bond motifs is 2. The molecule has 4 rings (SSSR count). The monoisotopic (exact) mass is 297 g/mol. The van der Waals surface area contributed by atoms with E-state index in [9.17, 15) is 0 Å². The van der Waals surface area contributed by atoms with Gasteiger partial charge in [-0.2, -0.15) is 0 Å². The van der Waals surface area contributed by atoms with E-state index in [1.165, 1.54) is 5.56 Å². The number of hydrogen-bond acceptors (Lipinski definition) is 6. The van der Waals surface area contributed by atoms with Crippen molar-refractivity contribution < 1.29 is 0 Å². The third-order valence-electron chi connectivity index (χ3n) is 3.84. The van der Waals surface area contributed by atoms with Crippen LogP contribution in [0.4, 0.5) is 5.82 Å². The first-order valence-corrected chi connectivity index (χ1v) is 8.00. The average Bonchev–Trinajstić information content (AvgIpc) is 3.02. The molecule has 4 heterocycles. The highest BCUT2D eigenvalue weighted by Gasteiger charge is 2.21. The maximum absolute atomic E-state index is 4.68. The van der Waals surface area contributed by atoms with Crippen LogP contribution in [0.25, 0.3) is 10.2 Å². The van der Waals surface area contributed by atoms with E-state index in [2.05, 4.69) is 37.1 Å². The molecular formula is C15H15N5S. The normalized spacial score (nSPS) is 14.4. The minimum atomic E-state index is 0.800. The predicted molar refractivity (Wildman–Crippen MR) is 83.6 cm³/mol. The SMILES string of the molecule is CCc1ncc2c(n1)CN(c1ncnc3ccsc13)CC2. The molecule has 0 atom stereocenters. The predicted octanol–water partition coefficient (Wildman–Crippen LogP) is 2.61. The van der Waals surface area contributed by atoms with Crippen LogP contribution in [0.3, 0.4) is 0 Å². The lowest BCUT2D eigenvalue weighted by Crippen LogP contribution is -2.32. The Morgan fingerprint density at radius 3 is 3.14 bits per heavy atom. The van der Waals surface area contributed by atoms with E-state index in [1.54, 1.807) is 17.7 Å². The lowest BCUT2D eigenvalue weighted by molar-refractivity contribution is 0.687. The highest BCUT2D eigenvalue weighted by molar-refractivity contribution is 7.17. The Bertz CT molecular complexity index is 798. The number of thiophene rings is 1. The summed E-state index contributed by atoms with van der Waals surface area (Å²) in [5.74, 6) is 1.94. The summed E-state index contributed by atoms with van der Waals surface area (Å²) in [6.07, 6.45) is 5.47. The van der Waals surface area contributed by atoms with E-state index in [1.807, 2.05) is 12.3 Å². The summed E-state index contributed by atoms with van der Waals surface area (Å²) in [5.41, 5.74) is 3.42. The first-order valence-electron chi connectivity index (χ1n) is 7.12. The summed E-state index contributed by atoms with van der Waals surface area (Å²) >= 11 is 1.70. The van der Waals surface area contributed by atoms with Crippen LogP contribution in [-0.4, -0.2) is 26.5 Å². The Hall–Kier alpha value is -2.08. The summed E-state index contributed by atoms with van der Waals surface area (Å²) in [7, 11) is 0. The summed E-state index contributed by atoms with van der Waals surface area (Å²) < 4.78 is 1.16. The maximum Gasteiger partial charge on any atom is 0.150 e. The fourth-order valence-corrected chi connectivity index (χ4v) is 3.56. The number of nitrogens with zero attached hydrogens (tertiary/aromatic N) is 5. The second-order valence-electron chi connectivity index (χ2n) is 5.12. The molecule has 0 unspecified atom stereocenters. The molecule has 0 aromatic carbocycles. The van der Waals surface area contributed by atoms with Gasteiger partial charge in [-0.25, -0.2) is 19.9 Å². The molecule has 1 aliphatic rings. The molecule has 0 saturated carbocycles. The van der Waals surface area contributed by atoms with Crippen molar-refractivity contribution in [3.8, 4) is 0 Å². The van der Waals surface area contributed by atoms with E-state index in [0.717, 1.165) is 53.5 Å². The molecule has 3 aromatic rings. The minimum absolute atomic E-state index is 0.800. The lowest BCUT2D eigenvalue weighted by Gasteiger charge is -2.29. The van der Waals surface area contributed by atoms with Gasteiger partial charge in [0.15, 0.2) is 0 Å². The maximum atomic E-state index is 4.68. The largest absolute Gasteiger partial charge is 0.349 e. The second kappa shape index (κ2) is 5.04. The summed E-state index contributed by atoms with van der Waals surface area (Å²) in [6, 6.07) is 2.04. The van der Waals surface area contributed by atoms with E-state index in [-0.39, 0.29) is 0 Å². The molecule has 0 N–H and O–H groups in total. The second-order valence-corrected chi connectivity index (χ2v) is 6.03. The number of aryl methyl sites for hydroxylation is 1. The van der Waals surface area contributed by atoms with Crippen LogP contribution >= 0.6 is 11.3 Å². The Morgan fingerprint density at radius 2 is 2.24 bits per heavy atom. The molecule has 106 valence electrons. The Labute approximate surface area is 126 Å². The number of hydrogen-bond donors (Lipinski definition) is 0. The molecule has 21 heavy (non-hydrogen) atoms. The van der Waals surface area contributed by atoms with Gasteiger partial charge < -0.3 is 4.90 Å². The quantitative estimate of drug-likeness (QED) is 0.728. The smallest absolute Gasteiger partial charge is 0.150 e. The topological polar surface area (TPSA) is 54.8 Å². The van der Waals surface area contributed by atoms with Gasteiger partial charge in [-0.15, -0.1) is 11.3 Å². The van der Waals surface area contributed by atoms with E-state index in [0.29, 0.717) is 0 Å². The molecule has 5 nitrogen and oxygen atoms in total. The van der Waals surface area contributed by atoms with E-state index in [4.69, 9.17) is 0 Å². The molecule has 3 aromatic heterocycles. The van der Waals surface area contributed by atoms with Gasteiger partial charge in [0.25, 0.3) is 0 Å². The summed E-state index contributed by atoms with van der Waals surface area (Å²) in [5, 5.41) is 2.07. The average molecular weight is 297 g/mol. The van der Waals surface area contributed by atoms with Crippen molar-refractivity contribution in [2.45, 2.75) is 26.3 Å². The van der Waals surface area contributed by atoms with Crippen LogP contribution in [-0.2, 0) is 19.4 Å². The highest BCUT2D eigenvalue weighted by Crippen LogP contribution is 2.30. The van der Waals surface area contributed by atoms with Gasteiger partial charge in [-0.3, -0.25) is 0 Å². The first kappa shape index (κ1) is 12.6. The van der Waals surface area contributed by atoms with Gasteiger partial charge in [0, 0.05) is 19.2 Å². The first-order chi connectivity index (χ1) is 10.3. The Morgan fingerprint density at radius 1 is 1.29 bits per heavy atom. The van der Waals surface area contributed by atoms with Gasteiger partial charge in [0.1, 0.15) is 18.0 Å². The zero-order chi connectivity index (χ0) is 14.2. The fourth-order valence-electron chi connectivity index (χ4n) is 2.70. The molecule has 0 spiro atoms. The third kappa shape index (κ3) is 2.15. The number of aromatic nitrogens is 4. The third-order valence-corrected chi connectivity index (χ3v) is 4.74. The Balaban J connectivity index is 1.73. The minimum Gasteiger partial charge on any atom is -0.349 e. The van der Waals surface area contributed by atoms with Crippen molar-refractivity contribution in [2.75, 3.05) is 11.4 Å². The fraction of sp³-hybridized carbons (Fsp3) is 0.333. The van der Waals surface area contributed by atoms with Gasteiger partial charge in [-0.1, -0.05) is 6.92 Å². The van der Waals surface area contributed by atoms with Crippen molar-refractivity contribution in [1.82, 2.24) is 19.9 Å². The van der Waals surface area contributed by atoms with Crippen LogP contribution in [0, 0.1) is 0 Å². The van der Waals surface area contributed by atoms with Crippen LogP contribution in [0.2, 0.25) is 0 Å². The van der Waals surface area contributed by atoms with Crippen molar-refractivity contribution in [3.05, 3.63) is 41.1 Å². The zero-order valence-electron chi connectivity index (χ0n) is 11.8. The summed E-state index contributed by atoms with van der Waals surface area (Å²) in [6.45, 7) is 3.84. The van der Waals surface area contributed by atoms with Crippen molar-refractivity contribution >= 4 is 27.4 Å². The molecule has 0 fully saturated rings. The number of anilines is 1. The van der Waals surface area contributed by atoms with Crippen LogP contribution in [0.5, 0.6) is 0 Å². The van der Waals surface area contributed by atoms with Gasteiger partial charge in [0.2, 0.25) is 0 Å². The molecular weight excluding hydrogens is 282 g/mol. The standard InChI is InChI=1S/C15H15N5S/c1-2-13-16-7-10-3-5-20(8-12(10)19-13)15-14-11(4-6-21-14)17-9-18-15/h4,6-7,9H,2-3,5,8H2,1H3. The van der Waals surface area contributed by atoms with Crippen molar-refractivity contribution in [1.29, 1.82) is 0 Å². The Kier molecular flexibility index (Phi) is 3.03. The van der Waals surface area contributed by atoms with Crippen LogP contribution in [0.15, 0.2) is 24.0 Å². The molecule has 0 aliphatic carbocycles. The van der Waals surface area contributed by atoms with E-state index >= 15 is 0 Å². The van der Waals surface area contributed by atoms with Gasteiger partial charge in [0.05, 0.1) is 22.5 Å². The van der Waals surface area contributed by atoms with Crippen molar-refractivity contribution in [3.63, 3.8) is 0 Å². The molecule has 6 heteroatoms. The molecule has 0 amide bonds. The van der Waals surface area contributed by atoms with E-state index < -0.39 is 0 Å². The van der Waals surface area contributed by atoms with Gasteiger partial charge >= 0.3 is 0 Å². The van der Waals surface area contributed by atoms with Gasteiger partial charge in [-0.05, 0) is 23.4 Å². The summed E-state index contributed by atoms with van der Waals surface area (Å²) in [4.78, 5) is 20.2. The molecule has 0 radical (unpaired) electrons. The van der Waals surface area contributed by atoms with Crippen LogP contribution in [0.1, 0.15) is 24.0 Å². The number of rotatable bonds is 2. The lowest BCUT2D eigenvalue weighted by atomic mass is 10.1. The highest BCUT2D eigenvalue weighted by atomic mass is 32.1. The molecule has 0 bridgehead atoms. The zero-order valence-corrected chi connectivity index (χ0v) is 12.6. The van der Waals surface area contributed by atoms with Crippen LogP contribution < -0.4 is 4.90 Å².